The molecule has 2 heteroatoms. The molecule has 8 aromatic rings. The van der Waals surface area contributed by atoms with E-state index in [9.17, 15) is 0 Å². The van der Waals surface area contributed by atoms with Crippen molar-refractivity contribution in [1.82, 2.24) is 0 Å². The van der Waals surface area contributed by atoms with Crippen molar-refractivity contribution in [1.29, 1.82) is 0 Å². The van der Waals surface area contributed by atoms with E-state index in [4.69, 9.17) is 0 Å². The Morgan fingerprint density at radius 3 is 1.90 bits per heavy atom. The number of rotatable bonds is 5. The molecule has 2 aliphatic carbocycles. The van der Waals surface area contributed by atoms with Crippen LogP contribution in [0.2, 0.25) is 19.6 Å². The molecule has 59 heavy (non-hydrogen) atoms. The molecular weight excluding hydrogens is 727 g/mol. The van der Waals surface area contributed by atoms with Gasteiger partial charge in [-0.2, -0.15) is 0 Å². The third kappa shape index (κ3) is 5.28. The van der Waals surface area contributed by atoms with Crippen LogP contribution in [-0.2, 0) is 11.8 Å². The molecule has 0 aromatic heterocycles. The van der Waals surface area contributed by atoms with Crippen LogP contribution in [0, 0.1) is 5.41 Å². The minimum absolute atomic E-state index is 0.0544. The number of benzene rings is 8. The number of anilines is 2. The second kappa shape index (κ2) is 13.2. The van der Waals surface area contributed by atoms with Gasteiger partial charge in [-0.1, -0.05) is 184 Å². The summed E-state index contributed by atoms with van der Waals surface area (Å²) in [5.74, 6) is 0. The molecule has 0 N–H and O–H groups in total. The van der Waals surface area contributed by atoms with Crippen molar-refractivity contribution in [2.45, 2.75) is 76.5 Å². The normalized spacial score (nSPS) is 20.5. The average molecular weight is 780 g/mol. The van der Waals surface area contributed by atoms with Crippen molar-refractivity contribution in [2.75, 3.05) is 4.90 Å². The van der Waals surface area contributed by atoms with Gasteiger partial charge in [0.1, 0.15) is 0 Å². The summed E-state index contributed by atoms with van der Waals surface area (Å²) >= 11 is 0. The van der Waals surface area contributed by atoms with Crippen LogP contribution in [0.4, 0.5) is 11.4 Å². The molecule has 0 spiro atoms. The Bertz CT molecular complexity index is 2880. The summed E-state index contributed by atoms with van der Waals surface area (Å²) in [5, 5.41) is 6.74. The third-order valence-corrected chi connectivity index (χ3v) is 17.2. The summed E-state index contributed by atoms with van der Waals surface area (Å²) in [6, 6.07) is 65.4. The van der Waals surface area contributed by atoms with Crippen molar-refractivity contribution in [2.24, 2.45) is 5.41 Å². The molecule has 2 unspecified atom stereocenters. The second-order valence-electron chi connectivity index (χ2n) is 19.3. The van der Waals surface area contributed by atoms with Crippen LogP contribution in [0.15, 0.2) is 170 Å². The smallest absolute Gasteiger partial charge is 0.0775 e. The summed E-state index contributed by atoms with van der Waals surface area (Å²) in [4.78, 5) is 2.76. The first-order valence-electron chi connectivity index (χ1n) is 21.9. The third-order valence-electron chi connectivity index (χ3n) is 15.1. The van der Waals surface area contributed by atoms with E-state index in [1.54, 1.807) is 0 Å². The molecule has 1 heterocycles. The Hall–Kier alpha value is -5.70. The van der Waals surface area contributed by atoms with E-state index in [1.165, 1.54) is 114 Å². The first-order chi connectivity index (χ1) is 28.6. The summed E-state index contributed by atoms with van der Waals surface area (Å²) in [7, 11) is -1.42. The lowest BCUT2D eigenvalue weighted by atomic mass is 9.57. The molecular formula is C57H53NSi. The van der Waals surface area contributed by atoms with Gasteiger partial charge in [0.15, 0.2) is 0 Å². The highest BCUT2D eigenvalue weighted by Gasteiger charge is 2.54. The maximum Gasteiger partial charge on any atom is 0.0775 e. The van der Waals surface area contributed by atoms with Gasteiger partial charge >= 0.3 is 0 Å². The Morgan fingerprint density at radius 2 is 1.17 bits per heavy atom. The largest absolute Gasteiger partial charge is 0.335 e. The van der Waals surface area contributed by atoms with E-state index in [0.717, 1.165) is 6.42 Å². The molecule has 1 fully saturated rings. The molecule has 0 bridgehead atoms. The zero-order valence-corrected chi connectivity index (χ0v) is 36.1. The highest BCUT2D eigenvalue weighted by molar-refractivity contribution is 6.88. The minimum atomic E-state index is -1.42. The molecule has 290 valence electrons. The van der Waals surface area contributed by atoms with Gasteiger partial charge in [-0.3, -0.25) is 0 Å². The van der Waals surface area contributed by atoms with Gasteiger partial charge in [-0.25, -0.2) is 0 Å². The van der Waals surface area contributed by atoms with Crippen LogP contribution >= 0.6 is 0 Å². The van der Waals surface area contributed by atoms with Gasteiger partial charge in [-0.05, 0) is 134 Å². The Balaban J connectivity index is 1.13. The van der Waals surface area contributed by atoms with E-state index in [-0.39, 0.29) is 11.0 Å². The SMILES string of the molecule is CC12CCCCC1(C)N(c1ccc([Si](C)(C)C)cc1)c1ccc(-c3ccc4c(c3)C(c3ccccc3)(c3ccccc3)c3ccc5c(ccc6ccccc65)c3-4)cc1C2. The second-order valence-corrected chi connectivity index (χ2v) is 24.4. The molecule has 3 aliphatic rings. The molecule has 8 aromatic carbocycles. The number of fused-ring (bicyclic) bond motifs is 9. The van der Waals surface area contributed by atoms with E-state index in [0.29, 0.717) is 0 Å². The topological polar surface area (TPSA) is 3.24 Å². The maximum absolute atomic E-state index is 2.76. The quantitative estimate of drug-likeness (QED) is 0.124. The minimum Gasteiger partial charge on any atom is -0.335 e. The van der Waals surface area contributed by atoms with Crippen LogP contribution < -0.4 is 10.1 Å². The molecule has 11 rings (SSSR count). The first-order valence-corrected chi connectivity index (χ1v) is 25.4. The standard InChI is InChI=1S/C57H53NSi/c1-55-34-14-15-35-56(55,2)58(45-25-27-46(28-26-45)59(3,4)5)53-33-24-40(36-42(53)38-55)41-23-30-50-52(37-41)57(43-17-8-6-9-18-43,44-19-10-7-11-20-44)51-32-31-48-47-21-13-12-16-39(47)22-29-49(48)54(50)51/h6-13,16-33,36-37H,14-15,34-35,38H2,1-5H3. The van der Waals surface area contributed by atoms with Gasteiger partial charge in [-0.15, -0.1) is 0 Å². The predicted octanol–water partition coefficient (Wildman–Crippen LogP) is 14.6. The molecule has 0 amide bonds. The lowest BCUT2D eigenvalue weighted by Crippen LogP contribution is -2.60. The van der Waals surface area contributed by atoms with Crippen LogP contribution in [0.3, 0.4) is 0 Å². The van der Waals surface area contributed by atoms with E-state index in [1.807, 2.05) is 0 Å². The van der Waals surface area contributed by atoms with Crippen molar-refractivity contribution >= 4 is 46.2 Å². The Kier molecular flexibility index (Phi) is 8.11. The first kappa shape index (κ1) is 36.4. The molecule has 0 radical (unpaired) electrons. The molecule has 1 aliphatic heterocycles. The van der Waals surface area contributed by atoms with Crippen molar-refractivity contribution in [3.63, 3.8) is 0 Å². The van der Waals surface area contributed by atoms with E-state index < -0.39 is 13.5 Å². The highest BCUT2D eigenvalue weighted by atomic mass is 28.3. The van der Waals surface area contributed by atoms with E-state index in [2.05, 4.69) is 208 Å². The van der Waals surface area contributed by atoms with Crippen molar-refractivity contribution in [3.8, 4) is 22.3 Å². The average Bonchev–Trinajstić information content (AvgIpc) is 3.56. The number of hydrogen-bond acceptors (Lipinski definition) is 1. The van der Waals surface area contributed by atoms with Crippen LogP contribution in [0.5, 0.6) is 0 Å². The molecule has 1 nitrogen and oxygen atoms in total. The fourth-order valence-corrected chi connectivity index (χ4v) is 13.0. The Labute approximate surface area is 351 Å². The predicted molar refractivity (Wildman–Crippen MR) is 254 cm³/mol. The number of hydrogen-bond donors (Lipinski definition) is 0. The molecule has 2 atom stereocenters. The molecule has 1 saturated carbocycles. The van der Waals surface area contributed by atoms with Gasteiger partial charge in [0, 0.05) is 16.9 Å². The van der Waals surface area contributed by atoms with Gasteiger partial charge in [0.2, 0.25) is 0 Å². The highest BCUT2D eigenvalue weighted by Crippen LogP contribution is 2.60. The summed E-state index contributed by atoms with van der Waals surface area (Å²) in [5.41, 5.74) is 14.5. The zero-order valence-electron chi connectivity index (χ0n) is 35.1. The van der Waals surface area contributed by atoms with Crippen LogP contribution in [-0.4, -0.2) is 13.6 Å². The summed E-state index contributed by atoms with van der Waals surface area (Å²) in [6.07, 6.45) is 6.17. The lowest BCUT2D eigenvalue weighted by Gasteiger charge is -2.60. The number of nitrogens with zero attached hydrogens (tertiary/aromatic N) is 1. The van der Waals surface area contributed by atoms with Crippen molar-refractivity contribution < 1.29 is 0 Å². The fourth-order valence-electron chi connectivity index (χ4n) is 11.8. The lowest BCUT2D eigenvalue weighted by molar-refractivity contribution is 0.0863. The van der Waals surface area contributed by atoms with Crippen LogP contribution in [0.1, 0.15) is 67.3 Å². The monoisotopic (exact) mass is 779 g/mol. The summed E-state index contributed by atoms with van der Waals surface area (Å²) in [6.45, 7) is 12.5. The maximum atomic E-state index is 2.76. The van der Waals surface area contributed by atoms with Gasteiger partial charge < -0.3 is 4.90 Å². The van der Waals surface area contributed by atoms with Crippen molar-refractivity contribution in [3.05, 3.63) is 198 Å². The molecule has 0 saturated heterocycles. The van der Waals surface area contributed by atoms with Gasteiger partial charge in [0.05, 0.1) is 13.5 Å². The van der Waals surface area contributed by atoms with Crippen LogP contribution in [0.25, 0.3) is 43.8 Å². The fraction of sp³-hybridized carbons (Fsp3) is 0.228. The van der Waals surface area contributed by atoms with E-state index >= 15 is 0 Å². The van der Waals surface area contributed by atoms with Gasteiger partial charge in [0.25, 0.3) is 0 Å². The Morgan fingerprint density at radius 1 is 0.525 bits per heavy atom. The zero-order chi connectivity index (χ0) is 40.1. The summed E-state index contributed by atoms with van der Waals surface area (Å²) < 4.78 is 0.